The number of hydrogen-bond acceptors (Lipinski definition) is 1. The fraction of sp³-hybridized carbons (Fsp3) is 0. The first-order chi connectivity index (χ1) is 4.86. The molecule has 11 heavy (non-hydrogen) atoms. The van der Waals surface area contributed by atoms with E-state index in [0.29, 0.717) is 4.43 Å². The Bertz CT molecular complexity index is 244. The van der Waals surface area contributed by atoms with Gasteiger partial charge in [0.05, 0.1) is 0 Å². The minimum absolute atomic E-state index is 0.623. The Hall–Kier alpha value is 0.582. The molecule has 0 aliphatic carbocycles. The van der Waals surface area contributed by atoms with Crippen molar-refractivity contribution in [3.63, 3.8) is 0 Å². The summed E-state index contributed by atoms with van der Waals surface area (Å²) in [5, 5.41) is 0. The third-order valence-corrected chi connectivity index (χ3v) is 5.04. The fourth-order valence-corrected chi connectivity index (χ4v) is 2.90. The Morgan fingerprint density at radius 3 is 1.73 bits per heavy atom. The molecule has 1 rings (SSSR count). The van der Waals surface area contributed by atoms with Gasteiger partial charge in [0.1, 0.15) is 0 Å². The molecule has 1 nitrogen and oxygen atoms in total. The van der Waals surface area contributed by atoms with E-state index in [2.05, 4.69) is 0 Å². The molecular formula is C6H7Cl3CrN. The topological polar surface area (TPSA) is 26.0 Å². The second-order valence-corrected chi connectivity index (χ2v) is 15.2. The van der Waals surface area contributed by atoms with Crippen LogP contribution in [0.5, 0.6) is 0 Å². The Balaban J connectivity index is 3.14. The van der Waals surface area contributed by atoms with Crippen LogP contribution in [0.2, 0.25) is 0 Å². The summed E-state index contributed by atoms with van der Waals surface area (Å²) in [4.78, 5) is 0. The molecule has 0 radical (unpaired) electrons. The average Bonchev–Trinajstić information content (AvgIpc) is 1.86. The van der Waals surface area contributed by atoms with Crippen molar-refractivity contribution in [2.45, 2.75) is 0 Å². The molecule has 2 N–H and O–H groups in total. The van der Waals surface area contributed by atoms with Gasteiger partial charge in [-0.15, -0.1) is 0 Å². The van der Waals surface area contributed by atoms with Crippen molar-refractivity contribution in [1.82, 2.24) is 0 Å². The Labute approximate surface area is 78.9 Å². The number of nitrogens with two attached hydrogens (primary N) is 1. The van der Waals surface area contributed by atoms with Crippen molar-refractivity contribution < 1.29 is 9.46 Å². The summed E-state index contributed by atoms with van der Waals surface area (Å²) in [5.41, 5.74) is 0. The molecule has 0 unspecified atom stereocenters. The summed E-state index contributed by atoms with van der Waals surface area (Å²) in [6.07, 6.45) is 0. The maximum atomic E-state index is 5.79. The molecule has 0 spiro atoms. The zero-order valence-electron chi connectivity index (χ0n) is 5.51. The van der Waals surface area contributed by atoms with E-state index in [1.165, 1.54) is 0 Å². The van der Waals surface area contributed by atoms with Crippen LogP contribution in [0.1, 0.15) is 0 Å². The molecule has 5 heteroatoms. The summed E-state index contributed by atoms with van der Waals surface area (Å²) in [7, 11) is 13.4. The maximum absolute atomic E-state index is 5.79. The number of halogens is 3. The molecule has 0 saturated heterocycles. The van der Waals surface area contributed by atoms with Crippen molar-refractivity contribution >= 4 is 34.6 Å². The van der Waals surface area contributed by atoms with Crippen LogP contribution in [-0.2, 0) is 9.46 Å². The molecule has 1 aromatic rings. The standard InChI is InChI=1S/C6H5.3ClH.Cr.H2N/c1-2-4-6-5-3-1;;;;;/h1-5H;3*1H;;1H2/q;;;;+4;-1/p-3. The van der Waals surface area contributed by atoms with E-state index in [1.807, 2.05) is 6.07 Å². The molecule has 0 heterocycles. The molecule has 0 aliphatic rings. The first-order valence-corrected chi connectivity index (χ1v) is 9.45. The Morgan fingerprint density at radius 1 is 1.00 bits per heavy atom. The van der Waals surface area contributed by atoms with Gasteiger partial charge in [0.25, 0.3) is 0 Å². The molecule has 0 saturated carbocycles. The van der Waals surface area contributed by atoms with Crippen molar-refractivity contribution in [1.29, 1.82) is 0 Å². The third kappa shape index (κ3) is 2.83. The van der Waals surface area contributed by atoms with Gasteiger partial charge in [-0.05, 0) is 0 Å². The van der Waals surface area contributed by atoms with Gasteiger partial charge < -0.3 is 0 Å². The van der Waals surface area contributed by atoms with Crippen LogP contribution >= 0.6 is 30.1 Å². The molecule has 0 aromatic heterocycles. The predicted octanol–water partition coefficient (Wildman–Crippen LogP) is 2.34. The molecule has 0 atom stereocenters. The second kappa shape index (κ2) is 2.81. The van der Waals surface area contributed by atoms with E-state index in [4.69, 9.17) is 34.9 Å². The van der Waals surface area contributed by atoms with Gasteiger partial charge >= 0.3 is 79.1 Å². The third-order valence-electron chi connectivity index (χ3n) is 1.15. The van der Waals surface area contributed by atoms with Gasteiger partial charge in [0.2, 0.25) is 0 Å². The van der Waals surface area contributed by atoms with Gasteiger partial charge in [0.15, 0.2) is 0 Å². The van der Waals surface area contributed by atoms with Crippen LogP contribution in [0.3, 0.4) is 0 Å². The molecule has 1 aromatic carbocycles. The predicted molar refractivity (Wildman–Crippen MR) is 47.8 cm³/mol. The Morgan fingerprint density at radius 2 is 1.45 bits per heavy atom. The van der Waals surface area contributed by atoms with Crippen LogP contribution in [0.25, 0.3) is 0 Å². The van der Waals surface area contributed by atoms with E-state index in [0.717, 1.165) is 0 Å². The summed E-state index contributed by atoms with van der Waals surface area (Å²) in [6, 6.07) is 8.90. The molecule has 0 bridgehead atoms. The summed E-state index contributed by atoms with van der Waals surface area (Å²) in [6.45, 7) is 0. The number of hydrogen-bond donors (Lipinski definition) is 1. The zero-order valence-corrected chi connectivity index (χ0v) is 9.05. The van der Waals surface area contributed by atoms with Crippen molar-refractivity contribution in [2.75, 3.05) is 0 Å². The first kappa shape index (κ1) is 9.67. The normalized spacial score (nSPS) is 15.5. The van der Waals surface area contributed by atoms with Crippen LogP contribution in [0, 0.1) is 0 Å². The van der Waals surface area contributed by atoms with Crippen LogP contribution in [0.15, 0.2) is 30.3 Å². The van der Waals surface area contributed by atoms with E-state index in [9.17, 15) is 0 Å². The monoisotopic (exact) mass is 250 g/mol. The fourth-order valence-electron chi connectivity index (χ4n) is 0.653. The van der Waals surface area contributed by atoms with Crippen LogP contribution in [0.4, 0.5) is 0 Å². The van der Waals surface area contributed by atoms with E-state index < -0.39 is 9.46 Å². The number of benzene rings is 1. The molecule has 0 aliphatic heterocycles. The van der Waals surface area contributed by atoms with Gasteiger partial charge in [-0.3, -0.25) is 0 Å². The van der Waals surface area contributed by atoms with Gasteiger partial charge in [0, 0.05) is 0 Å². The Kier molecular flexibility index (Phi) is 2.47. The van der Waals surface area contributed by atoms with Crippen molar-refractivity contribution in [2.24, 2.45) is 4.72 Å². The first-order valence-electron chi connectivity index (χ1n) is 2.81. The van der Waals surface area contributed by atoms with Crippen LogP contribution < -0.4 is 9.14 Å². The van der Waals surface area contributed by atoms with Crippen molar-refractivity contribution in [3.05, 3.63) is 30.3 Å². The van der Waals surface area contributed by atoms with Crippen LogP contribution in [-0.4, -0.2) is 0 Å². The van der Waals surface area contributed by atoms with E-state index >= 15 is 0 Å². The molecule has 0 amide bonds. The van der Waals surface area contributed by atoms with E-state index in [1.54, 1.807) is 24.3 Å². The quantitative estimate of drug-likeness (QED) is 0.814. The summed E-state index contributed by atoms with van der Waals surface area (Å²) in [5.74, 6) is 0. The van der Waals surface area contributed by atoms with Crippen molar-refractivity contribution in [3.8, 4) is 0 Å². The van der Waals surface area contributed by atoms with E-state index in [-0.39, 0.29) is 0 Å². The number of rotatable bonds is 1. The molecule has 63 valence electrons. The van der Waals surface area contributed by atoms with Gasteiger partial charge in [-0.25, -0.2) is 0 Å². The minimum atomic E-state index is -3.96. The summed E-state index contributed by atoms with van der Waals surface area (Å²) < 4.78 is 6.19. The molecular weight excluding hydrogens is 244 g/mol. The average molecular weight is 251 g/mol. The van der Waals surface area contributed by atoms with Gasteiger partial charge in [-0.1, -0.05) is 0 Å². The zero-order chi connectivity index (χ0) is 8.56. The van der Waals surface area contributed by atoms with Gasteiger partial charge in [-0.2, -0.15) is 0 Å². The second-order valence-electron chi connectivity index (χ2n) is 2.10. The molecule has 0 fully saturated rings. The SMILES string of the molecule is [NH2][Cr]([Cl])([Cl])([Cl])[c]1ccccc1. The summed E-state index contributed by atoms with van der Waals surface area (Å²) >= 11 is 0.